The number of ether oxygens (including phenoxy) is 1. The molecule has 0 saturated heterocycles. The Labute approximate surface area is 189 Å². The molecular weight excluding hydrogens is 436 g/mol. The number of benzene rings is 2. The lowest BCUT2D eigenvalue weighted by Crippen LogP contribution is -2.39. The highest BCUT2D eigenvalue weighted by Crippen LogP contribution is 2.24. The summed E-state index contributed by atoms with van der Waals surface area (Å²) in [5.41, 5.74) is 0.185. The molecule has 0 saturated carbocycles. The van der Waals surface area contributed by atoms with Crippen molar-refractivity contribution in [3.8, 4) is 0 Å². The zero-order valence-corrected chi connectivity index (χ0v) is 18.7. The van der Waals surface area contributed by atoms with E-state index in [2.05, 4.69) is 4.98 Å². The summed E-state index contributed by atoms with van der Waals surface area (Å²) in [5.74, 6) is -0.0384. The summed E-state index contributed by atoms with van der Waals surface area (Å²) >= 11 is 6.09. The molecule has 1 unspecified atom stereocenters. The van der Waals surface area contributed by atoms with Crippen LogP contribution in [0, 0.1) is 10.1 Å². The highest BCUT2D eigenvalue weighted by atomic mass is 35.5. The Bertz CT molecular complexity index is 1230. The lowest BCUT2D eigenvalue weighted by Gasteiger charge is -2.30. The van der Waals surface area contributed by atoms with Crippen molar-refractivity contribution in [2.45, 2.75) is 26.4 Å². The van der Waals surface area contributed by atoms with E-state index in [1.807, 2.05) is 6.92 Å². The average molecular weight is 459 g/mol. The van der Waals surface area contributed by atoms with Gasteiger partial charge in [0, 0.05) is 42.9 Å². The molecule has 0 bridgehead atoms. The molecule has 0 aliphatic heterocycles. The number of nitro groups is 1. The van der Waals surface area contributed by atoms with Gasteiger partial charge in [-0.2, -0.15) is 0 Å². The van der Waals surface area contributed by atoms with Crippen molar-refractivity contribution in [3.63, 3.8) is 0 Å². The van der Waals surface area contributed by atoms with Gasteiger partial charge in [-0.1, -0.05) is 17.7 Å². The maximum atomic E-state index is 13.4. The van der Waals surface area contributed by atoms with Gasteiger partial charge in [-0.3, -0.25) is 24.3 Å². The molecule has 0 aliphatic rings. The second-order valence-electron chi connectivity index (χ2n) is 7.16. The van der Waals surface area contributed by atoms with Crippen molar-refractivity contribution in [1.82, 2.24) is 14.5 Å². The maximum absolute atomic E-state index is 13.4. The van der Waals surface area contributed by atoms with Crippen LogP contribution in [0.2, 0.25) is 5.02 Å². The molecule has 0 fully saturated rings. The Morgan fingerprint density at radius 3 is 2.72 bits per heavy atom. The third-order valence-corrected chi connectivity index (χ3v) is 5.44. The lowest BCUT2D eigenvalue weighted by atomic mass is 10.1. The van der Waals surface area contributed by atoms with Gasteiger partial charge in [0.05, 0.1) is 28.5 Å². The molecular formula is C22H23ClN4O5. The van der Waals surface area contributed by atoms with Crippen LogP contribution in [0.3, 0.4) is 0 Å². The predicted octanol–water partition coefficient (Wildman–Crippen LogP) is 3.83. The molecule has 9 nitrogen and oxygen atoms in total. The number of non-ortho nitro benzene ring substituents is 1. The van der Waals surface area contributed by atoms with Gasteiger partial charge in [-0.25, -0.2) is 4.98 Å². The molecule has 0 spiro atoms. The zero-order chi connectivity index (χ0) is 23.4. The maximum Gasteiger partial charge on any atom is 0.270 e. The number of rotatable bonds is 8. The van der Waals surface area contributed by atoms with Gasteiger partial charge in [-0.15, -0.1) is 0 Å². The largest absolute Gasteiger partial charge is 0.383 e. The van der Waals surface area contributed by atoms with Crippen LogP contribution in [-0.4, -0.2) is 45.5 Å². The fraction of sp³-hybridized carbons (Fsp3) is 0.318. The molecule has 1 aromatic heterocycles. The van der Waals surface area contributed by atoms with Gasteiger partial charge in [0.25, 0.3) is 17.2 Å². The molecule has 3 aromatic rings. The molecule has 10 heteroatoms. The van der Waals surface area contributed by atoms with Crippen LogP contribution in [0.5, 0.6) is 0 Å². The Balaban J connectivity index is 2.11. The van der Waals surface area contributed by atoms with E-state index in [1.165, 1.54) is 40.8 Å². The summed E-state index contributed by atoms with van der Waals surface area (Å²) in [6.07, 6.45) is 0. The zero-order valence-electron chi connectivity index (χ0n) is 17.9. The fourth-order valence-electron chi connectivity index (χ4n) is 3.55. The molecule has 1 amide bonds. The number of nitro benzene ring substituents is 1. The fourth-order valence-corrected chi connectivity index (χ4v) is 3.72. The quantitative estimate of drug-likeness (QED) is 0.375. The van der Waals surface area contributed by atoms with Crippen LogP contribution in [0.4, 0.5) is 5.69 Å². The number of methoxy groups -OCH3 is 1. The minimum absolute atomic E-state index is 0.163. The molecule has 0 aliphatic carbocycles. The minimum atomic E-state index is -0.618. The summed E-state index contributed by atoms with van der Waals surface area (Å²) < 4.78 is 6.68. The third-order valence-electron chi connectivity index (χ3n) is 5.21. The van der Waals surface area contributed by atoms with E-state index >= 15 is 0 Å². The van der Waals surface area contributed by atoms with Crippen molar-refractivity contribution in [3.05, 3.63) is 79.3 Å². The Morgan fingerprint density at radius 2 is 2.06 bits per heavy atom. The Hall–Kier alpha value is -3.30. The van der Waals surface area contributed by atoms with Crippen molar-refractivity contribution in [1.29, 1.82) is 0 Å². The summed E-state index contributed by atoms with van der Waals surface area (Å²) in [4.78, 5) is 43.2. The molecule has 3 rings (SSSR count). The van der Waals surface area contributed by atoms with Gasteiger partial charge >= 0.3 is 0 Å². The van der Waals surface area contributed by atoms with E-state index in [0.717, 1.165) is 0 Å². The topological polar surface area (TPSA) is 108 Å². The molecule has 168 valence electrons. The monoisotopic (exact) mass is 458 g/mol. The molecule has 2 aromatic carbocycles. The number of aromatic nitrogens is 2. The van der Waals surface area contributed by atoms with Crippen LogP contribution < -0.4 is 5.56 Å². The molecule has 0 radical (unpaired) electrons. The van der Waals surface area contributed by atoms with E-state index in [9.17, 15) is 19.7 Å². The first-order valence-corrected chi connectivity index (χ1v) is 10.4. The van der Waals surface area contributed by atoms with Gasteiger partial charge in [-0.05, 0) is 38.1 Å². The van der Waals surface area contributed by atoms with Gasteiger partial charge in [0.2, 0.25) is 0 Å². The van der Waals surface area contributed by atoms with Crippen LogP contribution in [0.15, 0.2) is 47.3 Å². The summed E-state index contributed by atoms with van der Waals surface area (Å²) in [5, 5.41) is 12.0. The first-order valence-electron chi connectivity index (χ1n) is 10.0. The number of carbonyl (C=O) groups is 1. The number of carbonyl (C=O) groups excluding carboxylic acids is 1. The van der Waals surface area contributed by atoms with Crippen LogP contribution >= 0.6 is 11.6 Å². The van der Waals surface area contributed by atoms with Crippen LogP contribution in [0.25, 0.3) is 10.9 Å². The Morgan fingerprint density at radius 1 is 1.31 bits per heavy atom. The number of nitrogens with zero attached hydrogens (tertiary/aromatic N) is 4. The van der Waals surface area contributed by atoms with Crippen molar-refractivity contribution < 1.29 is 14.5 Å². The van der Waals surface area contributed by atoms with Crippen LogP contribution in [0.1, 0.15) is 36.1 Å². The predicted molar refractivity (Wildman–Crippen MR) is 121 cm³/mol. The Kier molecular flexibility index (Phi) is 7.22. The normalized spacial score (nSPS) is 12.0. The minimum Gasteiger partial charge on any atom is -0.383 e. The van der Waals surface area contributed by atoms with Gasteiger partial charge in [0.1, 0.15) is 5.82 Å². The number of hydrogen-bond acceptors (Lipinski definition) is 6. The first-order chi connectivity index (χ1) is 15.3. The first kappa shape index (κ1) is 23.4. The van der Waals surface area contributed by atoms with Crippen molar-refractivity contribution >= 4 is 34.1 Å². The van der Waals surface area contributed by atoms with E-state index < -0.39 is 16.9 Å². The average Bonchev–Trinajstić information content (AvgIpc) is 2.78. The SMILES string of the molecule is CCn1c(C(C)N(CCOC)C(=O)c2cccc([N+](=O)[O-])c2)nc2cc(Cl)ccc2c1=O. The van der Waals surface area contributed by atoms with Crippen LogP contribution in [-0.2, 0) is 11.3 Å². The molecule has 0 N–H and O–H groups in total. The highest BCUT2D eigenvalue weighted by Gasteiger charge is 2.27. The molecule has 1 heterocycles. The second-order valence-corrected chi connectivity index (χ2v) is 7.59. The van der Waals surface area contributed by atoms with E-state index in [0.29, 0.717) is 28.3 Å². The summed E-state index contributed by atoms with van der Waals surface area (Å²) in [7, 11) is 1.51. The van der Waals surface area contributed by atoms with Crippen molar-refractivity contribution in [2.24, 2.45) is 0 Å². The van der Waals surface area contributed by atoms with E-state index in [1.54, 1.807) is 25.1 Å². The molecule has 32 heavy (non-hydrogen) atoms. The van der Waals surface area contributed by atoms with E-state index in [4.69, 9.17) is 16.3 Å². The summed E-state index contributed by atoms with van der Waals surface area (Å²) in [6, 6.07) is 9.78. The third kappa shape index (κ3) is 4.63. The standard InChI is InChI=1S/C22H23ClN4O5/c1-4-25-20(24-19-13-16(23)8-9-18(19)22(25)29)14(2)26(10-11-32-3)21(28)15-6-5-7-17(12-15)27(30)31/h5-9,12-14H,4,10-11H2,1-3H3. The van der Waals surface area contributed by atoms with Crippen molar-refractivity contribution in [2.75, 3.05) is 20.3 Å². The van der Waals surface area contributed by atoms with Gasteiger partial charge < -0.3 is 9.64 Å². The summed E-state index contributed by atoms with van der Waals surface area (Å²) in [6.45, 7) is 4.37. The number of halogens is 1. The molecule has 1 atom stereocenters. The smallest absolute Gasteiger partial charge is 0.270 e. The second kappa shape index (κ2) is 9.88. The number of hydrogen-bond donors (Lipinski definition) is 0. The number of amides is 1. The lowest BCUT2D eigenvalue weighted by molar-refractivity contribution is -0.384. The highest BCUT2D eigenvalue weighted by molar-refractivity contribution is 6.31. The van der Waals surface area contributed by atoms with Gasteiger partial charge in [0.15, 0.2) is 0 Å². The van der Waals surface area contributed by atoms with E-state index in [-0.39, 0.29) is 30.0 Å². The number of fused-ring (bicyclic) bond motifs is 1.